The lowest BCUT2D eigenvalue weighted by Crippen LogP contribution is -2.45. The molecule has 0 aliphatic carbocycles. The van der Waals surface area contributed by atoms with Crippen molar-refractivity contribution >= 4 is 30.7 Å². The van der Waals surface area contributed by atoms with E-state index in [9.17, 15) is 4.79 Å². The van der Waals surface area contributed by atoms with Gasteiger partial charge in [0.25, 0.3) is 0 Å². The molecule has 24 heavy (non-hydrogen) atoms. The third-order valence-electron chi connectivity index (χ3n) is 4.81. The molecule has 0 saturated carbocycles. The molecular formula is C17H32Cl2N4O. The molecule has 1 fully saturated rings. The van der Waals surface area contributed by atoms with Crippen molar-refractivity contribution < 1.29 is 4.79 Å². The average Bonchev–Trinajstić information content (AvgIpc) is 3.09. The molecule has 1 saturated heterocycles. The summed E-state index contributed by atoms with van der Waals surface area (Å²) in [7, 11) is 1.96. The van der Waals surface area contributed by atoms with Gasteiger partial charge in [-0.3, -0.25) is 9.48 Å². The van der Waals surface area contributed by atoms with Crippen LogP contribution in [0.4, 0.5) is 0 Å². The highest BCUT2D eigenvalue weighted by Gasteiger charge is 2.29. The number of hydrogen-bond acceptors (Lipinski definition) is 3. The summed E-state index contributed by atoms with van der Waals surface area (Å²) < 4.78 is 1.91. The van der Waals surface area contributed by atoms with Crippen molar-refractivity contribution in [3.8, 4) is 0 Å². The zero-order chi connectivity index (χ0) is 16.3. The first kappa shape index (κ1) is 23.2. The molecule has 0 spiro atoms. The lowest BCUT2D eigenvalue weighted by Gasteiger charge is -2.31. The fourth-order valence-corrected chi connectivity index (χ4v) is 3.41. The monoisotopic (exact) mass is 378 g/mol. The first-order valence-corrected chi connectivity index (χ1v) is 8.46. The van der Waals surface area contributed by atoms with Crippen molar-refractivity contribution in [3.05, 3.63) is 17.0 Å². The molecule has 2 rings (SSSR count). The van der Waals surface area contributed by atoms with Crippen LogP contribution in [0.25, 0.3) is 0 Å². The van der Waals surface area contributed by atoms with E-state index in [1.54, 1.807) is 0 Å². The highest BCUT2D eigenvalue weighted by molar-refractivity contribution is 5.85. The molecule has 1 aliphatic rings. The first-order valence-electron chi connectivity index (χ1n) is 8.46. The Kier molecular flexibility index (Phi) is 9.93. The van der Waals surface area contributed by atoms with E-state index in [1.807, 2.05) is 18.7 Å². The van der Waals surface area contributed by atoms with Gasteiger partial charge in [0.2, 0.25) is 5.91 Å². The molecule has 0 bridgehead atoms. The zero-order valence-corrected chi connectivity index (χ0v) is 17.1. The van der Waals surface area contributed by atoms with Crippen LogP contribution < -0.4 is 5.32 Å². The topological polar surface area (TPSA) is 50.2 Å². The van der Waals surface area contributed by atoms with Gasteiger partial charge in [0.05, 0.1) is 5.69 Å². The van der Waals surface area contributed by atoms with Gasteiger partial charge >= 0.3 is 0 Å². The molecule has 1 aromatic heterocycles. The normalized spacial score (nSPS) is 17.8. The van der Waals surface area contributed by atoms with Crippen LogP contribution >= 0.6 is 24.8 Å². The van der Waals surface area contributed by atoms with Crippen LogP contribution in [0.5, 0.6) is 0 Å². The fourth-order valence-electron chi connectivity index (χ4n) is 3.41. The van der Waals surface area contributed by atoms with E-state index in [0.717, 1.165) is 44.6 Å². The molecule has 140 valence electrons. The summed E-state index contributed by atoms with van der Waals surface area (Å²) in [5.41, 5.74) is 3.44. The highest BCUT2D eigenvalue weighted by atomic mass is 35.5. The Morgan fingerprint density at radius 1 is 1.42 bits per heavy atom. The average molecular weight is 379 g/mol. The van der Waals surface area contributed by atoms with Crippen molar-refractivity contribution in [2.24, 2.45) is 13.0 Å². The fraction of sp³-hybridized carbons (Fsp3) is 0.765. The van der Waals surface area contributed by atoms with Crippen LogP contribution in [-0.2, 0) is 18.3 Å². The Morgan fingerprint density at radius 2 is 2.08 bits per heavy atom. The number of amides is 1. The second-order valence-corrected chi connectivity index (χ2v) is 6.56. The predicted molar refractivity (Wildman–Crippen MR) is 103 cm³/mol. The van der Waals surface area contributed by atoms with E-state index < -0.39 is 0 Å². The summed E-state index contributed by atoms with van der Waals surface area (Å²) in [6.45, 7) is 11.1. The highest BCUT2D eigenvalue weighted by Crippen LogP contribution is 2.20. The van der Waals surface area contributed by atoms with E-state index in [4.69, 9.17) is 0 Å². The van der Waals surface area contributed by atoms with Crippen LogP contribution in [0.3, 0.4) is 0 Å². The number of aryl methyl sites for hydroxylation is 2. The number of aromatic nitrogens is 2. The number of hydrogen-bond donors (Lipinski definition) is 1. The Labute approximate surface area is 158 Å². The molecule has 0 radical (unpaired) electrons. The molecule has 1 aromatic rings. The van der Waals surface area contributed by atoms with Crippen molar-refractivity contribution in [3.63, 3.8) is 0 Å². The van der Waals surface area contributed by atoms with Crippen LogP contribution in [0.2, 0.25) is 0 Å². The van der Waals surface area contributed by atoms with Crippen LogP contribution in [0, 0.1) is 19.8 Å². The summed E-state index contributed by atoms with van der Waals surface area (Å²) in [5.74, 6) is 0.298. The Balaban J connectivity index is 0.00000264. The lowest BCUT2D eigenvalue weighted by atomic mass is 9.97. The summed E-state index contributed by atoms with van der Waals surface area (Å²) in [4.78, 5) is 15.0. The second-order valence-electron chi connectivity index (χ2n) is 6.56. The second kappa shape index (κ2) is 10.3. The molecule has 2 unspecified atom stereocenters. The SMILES string of the molecule is CCCN(C(=O)C(C)Cc1c(C)nn(C)c1C)C1CCNC1.Cl.Cl. The van der Waals surface area contributed by atoms with E-state index >= 15 is 0 Å². The molecular weight excluding hydrogens is 347 g/mol. The molecule has 0 aromatic carbocycles. The largest absolute Gasteiger partial charge is 0.338 e. The smallest absolute Gasteiger partial charge is 0.226 e. The Bertz CT molecular complexity index is 527. The van der Waals surface area contributed by atoms with E-state index in [1.165, 1.54) is 11.3 Å². The molecule has 1 aliphatic heterocycles. The third-order valence-corrected chi connectivity index (χ3v) is 4.81. The van der Waals surface area contributed by atoms with Gasteiger partial charge in [-0.25, -0.2) is 0 Å². The molecule has 7 heteroatoms. The summed E-state index contributed by atoms with van der Waals surface area (Å²) in [6.07, 6.45) is 2.87. The van der Waals surface area contributed by atoms with Crippen molar-refractivity contribution in [2.75, 3.05) is 19.6 Å². The maximum atomic E-state index is 12.9. The van der Waals surface area contributed by atoms with Crippen molar-refractivity contribution in [1.29, 1.82) is 0 Å². The summed E-state index contributed by atoms with van der Waals surface area (Å²) in [6, 6.07) is 0.367. The van der Waals surface area contributed by atoms with Crippen molar-refractivity contribution in [1.82, 2.24) is 20.0 Å². The molecule has 1 amide bonds. The minimum atomic E-state index is 0. The number of halogens is 2. The minimum absolute atomic E-state index is 0. The zero-order valence-electron chi connectivity index (χ0n) is 15.5. The van der Waals surface area contributed by atoms with Gasteiger partial charge in [-0.05, 0) is 45.2 Å². The third kappa shape index (κ3) is 5.11. The molecule has 5 nitrogen and oxygen atoms in total. The lowest BCUT2D eigenvalue weighted by molar-refractivity contribution is -0.137. The Hall–Kier alpha value is -0.780. The number of carbonyl (C=O) groups is 1. The first-order chi connectivity index (χ1) is 10.5. The minimum Gasteiger partial charge on any atom is -0.338 e. The van der Waals surface area contributed by atoms with E-state index in [2.05, 4.69) is 36.1 Å². The van der Waals surface area contributed by atoms with E-state index in [-0.39, 0.29) is 30.7 Å². The van der Waals surface area contributed by atoms with Gasteiger partial charge < -0.3 is 10.2 Å². The quantitative estimate of drug-likeness (QED) is 0.827. The van der Waals surface area contributed by atoms with Crippen LogP contribution in [0.1, 0.15) is 43.6 Å². The molecule has 2 atom stereocenters. The maximum Gasteiger partial charge on any atom is 0.226 e. The number of carbonyl (C=O) groups excluding carboxylic acids is 1. The van der Waals surface area contributed by atoms with Crippen LogP contribution in [-0.4, -0.2) is 46.3 Å². The van der Waals surface area contributed by atoms with Crippen LogP contribution in [0.15, 0.2) is 0 Å². The Morgan fingerprint density at radius 3 is 2.54 bits per heavy atom. The van der Waals surface area contributed by atoms with Gasteiger partial charge in [0.15, 0.2) is 0 Å². The van der Waals surface area contributed by atoms with Gasteiger partial charge in [-0.2, -0.15) is 5.10 Å². The van der Waals surface area contributed by atoms with Gasteiger partial charge in [0, 0.05) is 37.8 Å². The predicted octanol–water partition coefficient (Wildman–Crippen LogP) is 2.66. The number of nitrogens with one attached hydrogen (secondary N) is 1. The van der Waals surface area contributed by atoms with Gasteiger partial charge in [-0.15, -0.1) is 24.8 Å². The van der Waals surface area contributed by atoms with Gasteiger partial charge in [0.1, 0.15) is 0 Å². The standard InChI is InChI=1S/C17H30N4O.2ClH/c1-6-9-21(15-7-8-18-11-15)17(22)12(2)10-16-13(3)19-20(5)14(16)4;;/h12,15,18H,6-11H2,1-5H3;2*1H. The molecule has 1 N–H and O–H groups in total. The number of rotatable bonds is 6. The van der Waals surface area contributed by atoms with Crippen molar-refractivity contribution in [2.45, 2.75) is 53.0 Å². The number of nitrogens with zero attached hydrogens (tertiary/aromatic N) is 3. The summed E-state index contributed by atoms with van der Waals surface area (Å²) in [5, 5.41) is 7.83. The maximum absolute atomic E-state index is 12.9. The molecule has 2 heterocycles. The van der Waals surface area contributed by atoms with E-state index in [0.29, 0.717) is 11.9 Å². The summed E-state index contributed by atoms with van der Waals surface area (Å²) >= 11 is 0. The van der Waals surface area contributed by atoms with Gasteiger partial charge in [-0.1, -0.05) is 13.8 Å².